The van der Waals surface area contributed by atoms with E-state index in [1.807, 2.05) is 0 Å². The number of esters is 2. The van der Waals surface area contributed by atoms with Crippen molar-refractivity contribution in [1.29, 1.82) is 0 Å². The number of phosphoric ester groups is 2. The molecule has 0 aromatic rings. The number of aliphatic hydroxyl groups is 3. The number of hydrogen-bond acceptors (Lipinski definition) is 13. The van der Waals surface area contributed by atoms with Crippen molar-refractivity contribution in [2.45, 2.75) is 186 Å². The van der Waals surface area contributed by atoms with Crippen LogP contribution in [-0.4, -0.2) is 95.0 Å². The molecule has 0 rings (SSSR count). The quantitative estimate of drug-likeness (QED) is 0.0126. The molecule has 0 aliphatic rings. The number of aliphatic hydroxyl groups excluding tert-OH is 3. The van der Waals surface area contributed by atoms with Crippen LogP contribution in [0, 0.1) is 0 Å². The van der Waals surface area contributed by atoms with Crippen LogP contribution in [0.4, 0.5) is 0 Å². The smallest absolute Gasteiger partial charge is 0.463 e. The molecule has 5 unspecified atom stereocenters. The summed E-state index contributed by atoms with van der Waals surface area (Å²) in [7, 11) is -9.58. The lowest BCUT2D eigenvalue weighted by atomic mass is 10.1. The number of rotatable bonds is 45. The number of hydrogen-bond donors (Lipinski definition) is 5. The van der Waals surface area contributed by atoms with Gasteiger partial charge in [-0.3, -0.25) is 27.7 Å². The fraction of sp³-hybridized carbons (Fsp3) is 0.745. The highest BCUT2D eigenvalue weighted by molar-refractivity contribution is 7.47. The van der Waals surface area contributed by atoms with Gasteiger partial charge in [0.15, 0.2) is 0 Å². The summed E-state index contributed by atoms with van der Waals surface area (Å²) >= 11 is 0. The monoisotopic (exact) mass is 951 g/mol. The van der Waals surface area contributed by atoms with Crippen molar-refractivity contribution >= 4 is 27.6 Å². The van der Waals surface area contributed by atoms with Crippen LogP contribution >= 0.6 is 15.6 Å². The van der Waals surface area contributed by atoms with E-state index in [9.17, 15) is 43.8 Å². The normalized spacial score (nSPS) is 15.7. The van der Waals surface area contributed by atoms with Gasteiger partial charge in [-0.1, -0.05) is 139 Å². The van der Waals surface area contributed by atoms with Gasteiger partial charge in [0.2, 0.25) is 0 Å². The molecule has 0 saturated heterocycles. The van der Waals surface area contributed by atoms with E-state index < -0.39 is 85.5 Å². The molecule has 0 aromatic carbocycles. The first-order valence-electron chi connectivity index (χ1n) is 23.7. The molecule has 15 nitrogen and oxygen atoms in total. The Hall–Kier alpha value is -2.26. The molecule has 5 atom stereocenters. The van der Waals surface area contributed by atoms with Gasteiger partial charge in [0.1, 0.15) is 31.5 Å². The minimum Gasteiger partial charge on any atom is -0.463 e. The first-order valence-corrected chi connectivity index (χ1v) is 26.6. The second-order valence-corrected chi connectivity index (χ2v) is 18.7. The van der Waals surface area contributed by atoms with E-state index in [-0.39, 0.29) is 12.8 Å². The van der Waals surface area contributed by atoms with Gasteiger partial charge in [0, 0.05) is 12.8 Å². The Kier molecular flexibility index (Phi) is 41.8. The zero-order valence-electron chi connectivity index (χ0n) is 38.9. The van der Waals surface area contributed by atoms with E-state index >= 15 is 0 Å². The zero-order chi connectivity index (χ0) is 47.4. The Labute approximate surface area is 384 Å². The van der Waals surface area contributed by atoms with Crippen LogP contribution in [0.1, 0.15) is 168 Å². The molecule has 0 aliphatic heterocycles. The molecule has 0 saturated carbocycles. The van der Waals surface area contributed by atoms with E-state index in [1.54, 1.807) is 0 Å². The van der Waals surface area contributed by atoms with Gasteiger partial charge in [-0.15, -0.1) is 0 Å². The SMILES string of the molecule is CCCCC/C=C\C/C=C\C/C=C\CCCCCCC(=O)OCC(O)COP(=O)(O)OCC(O)COP(=O)(O)OCC(O)COC(=O)CCCCCCCC/C=C/C=C/CCCCC. The number of carbonyl (C=O) groups excluding carboxylic acids is 2. The Morgan fingerprint density at radius 3 is 1.09 bits per heavy atom. The second-order valence-electron chi connectivity index (χ2n) is 15.8. The number of phosphoric acid groups is 2. The third kappa shape index (κ3) is 44.9. The average molecular weight is 951 g/mol. The van der Waals surface area contributed by atoms with Crippen molar-refractivity contribution in [1.82, 2.24) is 0 Å². The Morgan fingerprint density at radius 1 is 0.422 bits per heavy atom. The maximum atomic E-state index is 12.1. The van der Waals surface area contributed by atoms with E-state index in [0.29, 0.717) is 12.8 Å². The maximum Gasteiger partial charge on any atom is 0.472 e. The van der Waals surface area contributed by atoms with Crippen molar-refractivity contribution in [3.63, 3.8) is 0 Å². The van der Waals surface area contributed by atoms with Crippen LogP contribution in [0.5, 0.6) is 0 Å². The standard InChI is InChI=1S/C47H84O15P2/c1-3-5-7-9-11-13-15-17-19-20-22-24-26-28-30-32-34-36-47(52)58-38-44(49)40-60-64(55,56)62-42-45(50)41-61-63(53,54)59-39-43(48)37-57-46(51)35-33-31-29-27-25-23-21-18-16-14-12-10-8-6-4-2/h11-14,16-19,22,24,43-45,48-50H,3-10,15,20-21,23,25-42H2,1-2H3,(H,53,54)(H,55,56)/b13-11-,14-12+,18-16+,19-17-,24-22-. The first-order chi connectivity index (χ1) is 30.8. The predicted molar refractivity (Wildman–Crippen MR) is 251 cm³/mol. The van der Waals surface area contributed by atoms with Crippen LogP contribution in [0.15, 0.2) is 60.8 Å². The van der Waals surface area contributed by atoms with Crippen molar-refractivity contribution in [2.75, 3.05) is 39.6 Å². The molecule has 0 spiro atoms. The molecule has 0 aliphatic carbocycles. The van der Waals surface area contributed by atoms with E-state index in [2.05, 4.69) is 92.7 Å². The predicted octanol–water partition coefficient (Wildman–Crippen LogP) is 10.6. The van der Waals surface area contributed by atoms with Gasteiger partial charge in [-0.25, -0.2) is 9.13 Å². The second kappa shape index (κ2) is 43.3. The largest absolute Gasteiger partial charge is 0.472 e. The lowest BCUT2D eigenvalue weighted by Crippen LogP contribution is -2.25. The zero-order valence-corrected chi connectivity index (χ0v) is 40.7. The molecular formula is C47H84O15P2. The highest BCUT2D eigenvalue weighted by Gasteiger charge is 2.28. The van der Waals surface area contributed by atoms with Crippen LogP contribution in [0.2, 0.25) is 0 Å². The van der Waals surface area contributed by atoms with E-state index in [1.165, 1.54) is 38.5 Å². The number of ether oxygens (including phenoxy) is 2. The highest BCUT2D eigenvalue weighted by atomic mass is 31.2. The summed E-state index contributed by atoms with van der Waals surface area (Å²) in [4.78, 5) is 43.7. The van der Waals surface area contributed by atoms with Crippen molar-refractivity contribution in [2.24, 2.45) is 0 Å². The number of carbonyl (C=O) groups is 2. The minimum atomic E-state index is -4.79. The highest BCUT2D eigenvalue weighted by Crippen LogP contribution is 2.45. The maximum absolute atomic E-state index is 12.1. The van der Waals surface area contributed by atoms with Gasteiger partial charge in [-0.2, -0.15) is 0 Å². The van der Waals surface area contributed by atoms with Crippen molar-refractivity contribution < 1.29 is 71.4 Å². The Balaban J connectivity index is 3.94. The van der Waals surface area contributed by atoms with Gasteiger partial charge < -0.3 is 34.6 Å². The summed E-state index contributed by atoms with van der Waals surface area (Å²) in [6, 6.07) is 0. The van der Waals surface area contributed by atoms with Crippen LogP contribution in [0.25, 0.3) is 0 Å². The summed E-state index contributed by atoms with van der Waals surface area (Å²) in [6.45, 7) is 0.308. The summed E-state index contributed by atoms with van der Waals surface area (Å²) in [5.41, 5.74) is 0. The molecule has 0 aromatic heterocycles. The molecule has 0 fully saturated rings. The molecule has 0 heterocycles. The molecular weight excluding hydrogens is 866 g/mol. The van der Waals surface area contributed by atoms with Gasteiger partial charge >= 0.3 is 27.6 Å². The van der Waals surface area contributed by atoms with Crippen LogP contribution in [-0.2, 0) is 46.3 Å². The minimum absolute atomic E-state index is 0.169. The fourth-order valence-corrected chi connectivity index (χ4v) is 7.33. The summed E-state index contributed by atoms with van der Waals surface area (Å²) in [6.07, 6.45) is 40.6. The first kappa shape index (κ1) is 61.7. The number of allylic oxidation sites excluding steroid dienone is 10. The third-order valence-corrected chi connectivity index (χ3v) is 11.4. The molecule has 0 bridgehead atoms. The lowest BCUT2D eigenvalue weighted by molar-refractivity contribution is -0.148. The van der Waals surface area contributed by atoms with Crippen molar-refractivity contribution in [3.05, 3.63) is 60.8 Å². The molecule has 5 N–H and O–H groups in total. The summed E-state index contributed by atoms with van der Waals surface area (Å²) in [5.74, 6) is -1.03. The summed E-state index contributed by atoms with van der Waals surface area (Å²) in [5, 5.41) is 30.0. The topological polar surface area (TPSA) is 225 Å². The molecule has 372 valence electrons. The Bertz CT molecular complexity index is 1380. The Morgan fingerprint density at radius 2 is 0.719 bits per heavy atom. The van der Waals surface area contributed by atoms with E-state index in [4.69, 9.17) is 9.47 Å². The van der Waals surface area contributed by atoms with Crippen molar-refractivity contribution in [3.8, 4) is 0 Å². The fourth-order valence-electron chi connectivity index (χ4n) is 5.74. The average Bonchev–Trinajstić information content (AvgIpc) is 3.27. The van der Waals surface area contributed by atoms with Crippen LogP contribution in [0.3, 0.4) is 0 Å². The van der Waals surface area contributed by atoms with Gasteiger partial charge in [0.05, 0.1) is 26.4 Å². The third-order valence-electron chi connectivity index (χ3n) is 9.47. The molecule has 17 heteroatoms. The lowest BCUT2D eigenvalue weighted by Gasteiger charge is -2.19. The summed E-state index contributed by atoms with van der Waals surface area (Å²) < 4.78 is 52.9. The van der Waals surface area contributed by atoms with Crippen LogP contribution < -0.4 is 0 Å². The molecule has 0 amide bonds. The molecule has 64 heavy (non-hydrogen) atoms. The number of unbranched alkanes of at least 4 members (excludes halogenated alkanes) is 16. The van der Waals surface area contributed by atoms with Gasteiger partial charge in [-0.05, 0) is 77.0 Å². The van der Waals surface area contributed by atoms with Gasteiger partial charge in [0.25, 0.3) is 0 Å². The van der Waals surface area contributed by atoms with E-state index in [0.717, 1.165) is 89.9 Å². The molecule has 0 radical (unpaired) electrons.